The van der Waals surface area contributed by atoms with Gasteiger partial charge in [0, 0.05) is 43.4 Å². The highest BCUT2D eigenvalue weighted by atomic mass is 16.5. The first-order valence-corrected chi connectivity index (χ1v) is 6.66. The third kappa shape index (κ3) is 3.17. The number of benzene rings is 1. The third-order valence-electron chi connectivity index (χ3n) is 3.44. The van der Waals surface area contributed by atoms with Crippen molar-refractivity contribution in [2.24, 2.45) is 7.05 Å². The molecule has 2 aromatic rings. The standard InChI is InChI=1S/C15H20N2O4/c1-17-9-12(14(15(18)19)16-6-7-20-2)11-8-10(21-3)4-5-13(11)17/h4-5,8-9,14,16H,6-7H2,1-3H3,(H,18,19). The molecular weight excluding hydrogens is 272 g/mol. The number of nitrogens with one attached hydrogen (secondary N) is 1. The summed E-state index contributed by atoms with van der Waals surface area (Å²) in [5.74, 6) is -0.211. The minimum absolute atomic E-state index is 0.456. The van der Waals surface area contributed by atoms with Crippen molar-refractivity contribution in [3.8, 4) is 5.75 Å². The summed E-state index contributed by atoms with van der Waals surface area (Å²) in [4.78, 5) is 11.6. The Morgan fingerprint density at radius 3 is 2.81 bits per heavy atom. The van der Waals surface area contributed by atoms with E-state index in [2.05, 4.69) is 5.32 Å². The number of carboxylic acid groups (broad SMARTS) is 1. The van der Waals surface area contributed by atoms with Gasteiger partial charge in [0.15, 0.2) is 0 Å². The van der Waals surface area contributed by atoms with Crippen LogP contribution in [-0.2, 0) is 16.6 Å². The zero-order chi connectivity index (χ0) is 15.4. The minimum atomic E-state index is -0.915. The molecule has 0 radical (unpaired) electrons. The van der Waals surface area contributed by atoms with Gasteiger partial charge in [0.1, 0.15) is 11.8 Å². The fourth-order valence-corrected chi connectivity index (χ4v) is 2.39. The van der Waals surface area contributed by atoms with Crippen molar-refractivity contribution in [1.82, 2.24) is 9.88 Å². The molecule has 2 N–H and O–H groups in total. The number of hydrogen-bond acceptors (Lipinski definition) is 4. The van der Waals surface area contributed by atoms with Crippen molar-refractivity contribution in [2.45, 2.75) is 6.04 Å². The van der Waals surface area contributed by atoms with E-state index in [1.165, 1.54) is 0 Å². The van der Waals surface area contributed by atoms with Crippen LogP contribution in [0.2, 0.25) is 0 Å². The minimum Gasteiger partial charge on any atom is -0.497 e. The molecular formula is C15H20N2O4. The van der Waals surface area contributed by atoms with E-state index in [4.69, 9.17) is 9.47 Å². The highest BCUT2D eigenvalue weighted by Crippen LogP contribution is 2.29. The molecule has 0 bridgehead atoms. The Morgan fingerprint density at radius 1 is 1.43 bits per heavy atom. The van der Waals surface area contributed by atoms with E-state index in [9.17, 15) is 9.90 Å². The summed E-state index contributed by atoms with van der Waals surface area (Å²) >= 11 is 0. The third-order valence-corrected chi connectivity index (χ3v) is 3.44. The van der Waals surface area contributed by atoms with Gasteiger partial charge in [0.25, 0.3) is 0 Å². The SMILES string of the molecule is COCCNC(C(=O)O)c1cn(C)c2ccc(OC)cc12. The first-order chi connectivity index (χ1) is 10.1. The van der Waals surface area contributed by atoms with Crippen LogP contribution in [0.1, 0.15) is 11.6 Å². The summed E-state index contributed by atoms with van der Waals surface area (Å²) in [5.41, 5.74) is 1.68. The summed E-state index contributed by atoms with van der Waals surface area (Å²) in [6, 6.07) is 4.86. The average Bonchev–Trinajstić information content (AvgIpc) is 2.79. The predicted molar refractivity (Wildman–Crippen MR) is 79.7 cm³/mol. The molecule has 0 aliphatic carbocycles. The molecule has 0 saturated heterocycles. The second kappa shape index (κ2) is 6.60. The monoisotopic (exact) mass is 292 g/mol. The van der Waals surface area contributed by atoms with Crippen LogP contribution in [0.3, 0.4) is 0 Å². The summed E-state index contributed by atoms with van der Waals surface area (Å²) in [7, 11) is 5.07. The molecule has 1 aromatic heterocycles. The van der Waals surface area contributed by atoms with Crippen molar-refractivity contribution in [2.75, 3.05) is 27.4 Å². The molecule has 0 fully saturated rings. The summed E-state index contributed by atoms with van der Waals surface area (Å²) in [6.07, 6.45) is 1.84. The van der Waals surface area contributed by atoms with Crippen molar-refractivity contribution in [3.63, 3.8) is 0 Å². The predicted octanol–water partition coefficient (Wildman–Crippen LogP) is 1.55. The van der Waals surface area contributed by atoms with Gasteiger partial charge >= 0.3 is 5.97 Å². The second-order valence-corrected chi connectivity index (χ2v) is 4.80. The van der Waals surface area contributed by atoms with Gasteiger partial charge in [-0.05, 0) is 18.2 Å². The number of aryl methyl sites for hydroxylation is 1. The highest BCUT2D eigenvalue weighted by molar-refractivity contribution is 5.90. The van der Waals surface area contributed by atoms with E-state index >= 15 is 0 Å². The lowest BCUT2D eigenvalue weighted by Gasteiger charge is -2.13. The van der Waals surface area contributed by atoms with Gasteiger partial charge in [-0.2, -0.15) is 0 Å². The van der Waals surface area contributed by atoms with Gasteiger partial charge in [0.2, 0.25) is 0 Å². The Morgan fingerprint density at radius 2 is 2.19 bits per heavy atom. The van der Waals surface area contributed by atoms with Crippen LogP contribution in [0, 0.1) is 0 Å². The zero-order valence-electron chi connectivity index (χ0n) is 12.4. The van der Waals surface area contributed by atoms with Gasteiger partial charge < -0.3 is 19.1 Å². The van der Waals surface area contributed by atoms with Crippen molar-refractivity contribution >= 4 is 16.9 Å². The van der Waals surface area contributed by atoms with Gasteiger partial charge in [-0.15, -0.1) is 0 Å². The fraction of sp³-hybridized carbons (Fsp3) is 0.400. The van der Waals surface area contributed by atoms with Crippen LogP contribution < -0.4 is 10.1 Å². The largest absolute Gasteiger partial charge is 0.497 e. The van der Waals surface area contributed by atoms with Crippen LogP contribution in [0.5, 0.6) is 5.75 Å². The van der Waals surface area contributed by atoms with E-state index < -0.39 is 12.0 Å². The first-order valence-electron chi connectivity index (χ1n) is 6.66. The molecule has 0 saturated carbocycles. The van der Waals surface area contributed by atoms with E-state index in [1.54, 1.807) is 14.2 Å². The molecule has 114 valence electrons. The second-order valence-electron chi connectivity index (χ2n) is 4.80. The number of rotatable bonds is 7. The summed E-state index contributed by atoms with van der Waals surface area (Å²) in [6.45, 7) is 0.922. The number of carbonyl (C=O) groups is 1. The Bertz CT molecular complexity index is 636. The molecule has 6 heteroatoms. The number of fused-ring (bicyclic) bond motifs is 1. The molecule has 1 unspecified atom stereocenters. The van der Waals surface area contributed by atoms with Gasteiger partial charge in [-0.1, -0.05) is 0 Å². The molecule has 21 heavy (non-hydrogen) atoms. The van der Waals surface area contributed by atoms with E-state index in [0.717, 1.165) is 16.5 Å². The van der Waals surface area contributed by atoms with Crippen LogP contribution >= 0.6 is 0 Å². The van der Waals surface area contributed by atoms with E-state index in [-0.39, 0.29) is 0 Å². The number of ether oxygens (including phenoxy) is 2. The number of aliphatic carboxylic acids is 1. The number of hydrogen-bond donors (Lipinski definition) is 2. The van der Waals surface area contributed by atoms with Crippen molar-refractivity contribution in [1.29, 1.82) is 0 Å². The Kier molecular flexibility index (Phi) is 4.82. The van der Waals surface area contributed by atoms with E-state index in [1.807, 2.05) is 36.0 Å². The fourth-order valence-electron chi connectivity index (χ4n) is 2.39. The van der Waals surface area contributed by atoms with Gasteiger partial charge in [-0.25, -0.2) is 0 Å². The molecule has 0 amide bonds. The normalized spacial score (nSPS) is 12.5. The summed E-state index contributed by atoms with van der Waals surface area (Å²) in [5, 5.41) is 13.3. The summed E-state index contributed by atoms with van der Waals surface area (Å²) < 4.78 is 12.1. The average molecular weight is 292 g/mol. The molecule has 0 aliphatic heterocycles. The molecule has 1 aromatic carbocycles. The molecule has 1 heterocycles. The van der Waals surface area contributed by atoms with Crippen LogP contribution in [0.15, 0.2) is 24.4 Å². The maximum absolute atomic E-state index is 11.6. The lowest BCUT2D eigenvalue weighted by molar-refractivity contribution is -0.139. The Balaban J connectivity index is 2.43. The molecule has 1 atom stereocenters. The Labute approximate surface area is 123 Å². The molecule has 0 aliphatic rings. The van der Waals surface area contributed by atoms with Crippen molar-refractivity contribution < 1.29 is 19.4 Å². The van der Waals surface area contributed by atoms with Gasteiger partial charge in [-0.3, -0.25) is 10.1 Å². The van der Waals surface area contributed by atoms with Crippen LogP contribution in [0.25, 0.3) is 10.9 Å². The number of carboxylic acids is 1. The molecule has 2 rings (SSSR count). The zero-order valence-corrected chi connectivity index (χ0v) is 12.4. The van der Waals surface area contributed by atoms with Crippen molar-refractivity contribution in [3.05, 3.63) is 30.0 Å². The maximum Gasteiger partial charge on any atom is 0.325 e. The lowest BCUT2D eigenvalue weighted by atomic mass is 10.1. The molecule has 0 spiro atoms. The van der Waals surface area contributed by atoms with Gasteiger partial charge in [0.05, 0.1) is 13.7 Å². The smallest absolute Gasteiger partial charge is 0.325 e. The first kappa shape index (κ1) is 15.3. The quantitative estimate of drug-likeness (QED) is 0.758. The van der Waals surface area contributed by atoms with Crippen LogP contribution in [0.4, 0.5) is 0 Å². The number of aromatic nitrogens is 1. The van der Waals surface area contributed by atoms with E-state index in [0.29, 0.717) is 18.9 Å². The van der Waals surface area contributed by atoms with Crippen LogP contribution in [-0.4, -0.2) is 43.0 Å². The lowest BCUT2D eigenvalue weighted by Crippen LogP contribution is -2.30. The number of methoxy groups -OCH3 is 2. The number of nitrogens with zero attached hydrogens (tertiary/aromatic N) is 1. The Hall–Kier alpha value is -2.05. The molecule has 6 nitrogen and oxygen atoms in total. The topological polar surface area (TPSA) is 72.7 Å². The maximum atomic E-state index is 11.6. The highest BCUT2D eigenvalue weighted by Gasteiger charge is 2.23.